The fourth-order valence-corrected chi connectivity index (χ4v) is 1.46. The minimum Gasteiger partial charge on any atom is -0.305 e. The summed E-state index contributed by atoms with van der Waals surface area (Å²) in [5.41, 5.74) is 1.41. The molecule has 0 unspecified atom stereocenters. The van der Waals surface area contributed by atoms with Gasteiger partial charge >= 0.3 is 0 Å². The van der Waals surface area contributed by atoms with Gasteiger partial charge in [-0.2, -0.15) is 5.10 Å². The summed E-state index contributed by atoms with van der Waals surface area (Å²) in [6.45, 7) is 3.63. The number of amides is 1. The fourth-order valence-electron chi connectivity index (χ4n) is 1.46. The number of carbonyl (C=O) groups is 1. The Hall–Kier alpha value is -2.49. The Balaban J connectivity index is 2.05. The molecule has 0 spiro atoms. The predicted octanol–water partition coefficient (Wildman–Crippen LogP) is 2.46. The number of aromatic nitrogens is 2. The Labute approximate surface area is 105 Å². The molecule has 0 saturated carbocycles. The van der Waals surface area contributed by atoms with Gasteiger partial charge in [0.05, 0.1) is 5.69 Å². The van der Waals surface area contributed by atoms with Gasteiger partial charge in [-0.1, -0.05) is 24.3 Å². The van der Waals surface area contributed by atoms with Crippen LogP contribution in [0.25, 0.3) is 0 Å². The Morgan fingerprint density at radius 1 is 1.17 bits per heavy atom. The minimum absolute atomic E-state index is 0.193. The van der Waals surface area contributed by atoms with Crippen LogP contribution in [0.3, 0.4) is 0 Å². The van der Waals surface area contributed by atoms with E-state index in [9.17, 15) is 4.79 Å². The maximum Gasteiger partial charge on any atom is 0.256 e. The van der Waals surface area contributed by atoms with Gasteiger partial charge < -0.3 is 5.32 Å². The van der Waals surface area contributed by atoms with Crippen LogP contribution in [-0.2, 0) is 6.42 Å². The van der Waals surface area contributed by atoms with E-state index in [2.05, 4.69) is 22.1 Å². The molecule has 1 amide bonds. The van der Waals surface area contributed by atoms with Crippen LogP contribution in [0.5, 0.6) is 0 Å². The van der Waals surface area contributed by atoms with Crippen LogP contribution in [0.4, 0.5) is 5.82 Å². The maximum absolute atomic E-state index is 11.8. The second kappa shape index (κ2) is 5.72. The number of benzene rings is 1. The van der Waals surface area contributed by atoms with Gasteiger partial charge in [-0.3, -0.25) is 4.79 Å². The number of rotatable bonds is 4. The van der Waals surface area contributed by atoms with E-state index in [1.807, 2.05) is 24.3 Å². The van der Waals surface area contributed by atoms with E-state index < -0.39 is 0 Å². The average Bonchev–Trinajstić information content (AvgIpc) is 2.42. The summed E-state index contributed by atoms with van der Waals surface area (Å²) in [4.78, 5) is 11.8. The first-order chi connectivity index (χ1) is 8.79. The van der Waals surface area contributed by atoms with Crippen molar-refractivity contribution in [2.24, 2.45) is 0 Å². The Kier molecular flexibility index (Phi) is 3.81. The highest BCUT2D eigenvalue weighted by Gasteiger charge is 2.05. The normalized spacial score (nSPS) is 9.78. The first-order valence-electron chi connectivity index (χ1n) is 5.59. The van der Waals surface area contributed by atoms with Crippen LogP contribution < -0.4 is 5.32 Å². The molecular formula is C14H13N3O. The quantitative estimate of drug-likeness (QED) is 0.834. The highest BCUT2D eigenvalue weighted by Crippen LogP contribution is 2.06. The molecule has 0 aliphatic carbocycles. The van der Waals surface area contributed by atoms with Gasteiger partial charge in [0.15, 0.2) is 5.82 Å². The maximum atomic E-state index is 11.8. The minimum atomic E-state index is -0.193. The summed E-state index contributed by atoms with van der Waals surface area (Å²) in [6.07, 6.45) is 2.42. The number of nitrogens with zero attached hydrogens (tertiary/aromatic N) is 2. The molecule has 90 valence electrons. The van der Waals surface area contributed by atoms with Crippen molar-refractivity contribution in [2.75, 3.05) is 5.32 Å². The van der Waals surface area contributed by atoms with E-state index in [0.717, 1.165) is 5.69 Å². The fraction of sp³-hybridized carbons (Fsp3) is 0.0714. The van der Waals surface area contributed by atoms with Gasteiger partial charge in [-0.15, -0.1) is 11.7 Å². The Morgan fingerprint density at radius 3 is 2.56 bits per heavy atom. The standard InChI is InChI=1S/C14H13N3O/c1-2-6-12-9-10-13(17-16-12)15-14(18)11-7-4-3-5-8-11/h2-5,7-10H,1,6H2,(H,15,17,18). The molecule has 2 rings (SSSR count). The molecule has 4 heteroatoms. The lowest BCUT2D eigenvalue weighted by atomic mass is 10.2. The topological polar surface area (TPSA) is 54.9 Å². The molecule has 0 atom stereocenters. The number of nitrogens with one attached hydrogen (secondary N) is 1. The zero-order valence-corrected chi connectivity index (χ0v) is 9.84. The third kappa shape index (κ3) is 3.01. The smallest absolute Gasteiger partial charge is 0.256 e. The number of hydrogen-bond acceptors (Lipinski definition) is 3. The largest absolute Gasteiger partial charge is 0.305 e. The van der Waals surface area contributed by atoms with Crippen molar-refractivity contribution in [1.29, 1.82) is 0 Å². The second-order valence-corrected chi connectivity index (χ2v) is 3.72. The average molecular weight is 239 g/mol. The van der Waals surface area contributed by atoms with Crippen molar-refractivity contribution in [2.45, 2.75) is 6.42 Å². The predicted molar refractivity (Wildman–Crippen MR) is 70.3 cm³/mol. The van der Waals surface area contributed by atoms with Crippen LogP contribution >= 0.6 is 0 Å². The van der Waals surface area contributed by atoms with Crippen molar-refractivity contribution in [3.05, 3.63) is 66.4 Å². The van der Waals surface area contributed by atoms with Gasteiger partial charge in [0.1, 0.15) is 0 Å². The third-order valence-corrected chi connectivity index (χ3v) is 2.35. The number of allylic oxidation sites excluding steroid dienone is 1. The van der Waals surface area contributed by atoms with Crippen molar-refractivity contribution < 1.29 is 4.79 Å². The SMILES string of the molecule is C=CCc1ccc(NC(=O)c2ccccc2)nn1. The molecule has 0 radical (unpaired) electrons. The third-order valence-electron chi connectivity index (χ3n) is 2.35. The lowest BCUT2D eigenvalue weighted by Crippen LogP contribution is -2.13. The lowest BCUT2D eigenvalue weighted by molar-refractivity contribution is 0.102. The summed E-state index contributed by atoms with van der Waals surface area (Å²) < 4.78 is 0. The second-order valence-electron chi connectivity index (χ2n) is 3.72. The zero-order valence-electron chi connectivity index (χ0n) is 9.84. The summed E-state index contributed by atoms with van der Waals surface area (Å²) in [6, 6.07) is 12.5. The molecule has 1 aromatic heterocycles. The number of carbonyl (C=O) groups excluding carboxylic acids is 1. The molecule has 2 aromatic rings. The Morgan fingerprint density at radius 2 is 1.94 bits per heavy atom. The Bertz CT molecular complexity index is 535. The molecule has 0 aliphatic heterocycles. The molecule has 18 heavy (non-hydrogen) atoms. The van der Waals surface area contributed by atoms with Gasteiger partial charge in [-0.05, 0) is 24.3 Å². The van der Waals surface area contributed by atoms with Crippen molar-refractivity contribution >= 4 is 11.7 Å². The van der Waals surface area contributed by atoms with Crippen LogP contribution in [0.1, 0.15) is 16.1 Å². The van der Waals surface area contributed by atoms with Gasteiger partial charge in [0.25, 0.3) is 5.91 Å². The molecule has 0 bridgehead atoms. The molecule has 4 nitrogen and oxygen atoms in total. The lowest BCUT2D eigenvalue weighted by Gasteiger charge is -2.03. The van der Waals surface area contributed by atoms with Crippen LogP contribution in [0.15, 0.2) is 55.1 Å². The van der Waals surface area contributed by atoms with Gasteiger partial charge in [0.2, 0.25) is 0 Å². The van der Waals surface area contributed by atoms with Gasteiger partial charge in [-0.25, -0.2) is 0 Å². The highest BCUT2D eigenvalue weighted by molar-refractivity contribution is 6.03. The summed E-state index contributed by atoms with van der Waals surface area (Å²) in [5.74, 6) is 0.248. The first-order valence-corrected chi connectivity index (χ1v) is 5.59. The number of hydrogen-bond donors (Lipinski definition) is 1. The molecule has 1 N–H and O–H groups in total. The van der Waals surface area contributed by atoms with E-state index in [-0.39, 0.29) is 5.91 Å². The number of anilines is 1. The van der Waals surface area contributed by atoms with E-state index >= 15 is 0 Å². The summed E-state index contributed by atoms with van der Waals surface area (Å²) >= 11 is 0. The summed E-state index contributed by atoms with van der Waals surface area (Å²) in [5, 5.41) is 10.6. The van der Waals surface area contributed by atoms with Crippen LogP contribution in [-0.4, -0.2) is 16.1 Å². The van der Waals surface area contributed by atoms with Crippen LogP contribution in [0, 0.1) is 0 Å². The van der Waals surface area contributed by atoms with Crippen molar-refractivity contribution in [3.63, 3.8) is 0 Å². The van der Waals surface area contributed by atoms with Crippen molar-refractivity contribution in [1.82, 2.24) is 10.2 Å². The van der Waals surface area contributed by atoms with Crippen molar-refractivity contribution in [3.8, 4) is 0 Å². The molecule has 0 saturated heterocycles. The molecule has 0 aliphatic rings. The molecule has 1 heterocycles. The van der Waals surface area contributed by atoms with E-state index in [1.54, 1.807) is 24.3 Å². The van der Waals surface area contributed by atoms with Gasteiger partial charge in [0, 0.05) is 12.0 Å². The zero-order chi connectivity index (χ0) is 12.8. The van der Waals surface area contributed by atoms with E-state index in [0.29, 0.717) is 17.8 Å². The molecule has 1 aromatic carbocycles. The molecular weight excluding hydrogens is 226 g/mol. The first kappa shape index (κ1) is 12.0. The highest BCUT2D eigenvalue weighted by atomic mass is 16.1. The van der Waals surface area contributed by atoms with E-state index in [4.69, 9.17) is 0 Å². The molecule has 0 fully saturated rings. The van der Waals surface area contributed by atoms with Crippen LogP contribution in [0.2, 0.25) is 0 Å². The monoisotopic (exact) mass is 239 g/mol. The van der Waals surface area contributed by atoms with E-state index in [1.165, 1.54) is 0 Å². The summed E-state index contributed by atoms with van der Waals surface area (Å²) in [7, 11) is 0.